The zero-order valence-electron chi connectivity index (χ0n) is 24.3. The first-order valence-corrected chi connectivity index (χ1v) is 14.9. The molecule has 44 heavy (non-hydrogen) atoms. The summed E-state index contributed by atoms with van der Waals surface area (Å²) in [5, 5.41) is 5.53. The van der Waals surface area contributed by atoms with E-state index in [1.165, 1.54) is 15.9 Å². The van der Waals surface area contributed by atoms with Crippen LogP contribution >= 0.6 is 0 Å². The topological polar surface area (TPSA) is 133 Å². The van der Waals surface area contributed by atoms with Crippen molar-refractivity contribution in [2.24, 2.45) is 0 Å². The molecule has 226 valence electrons. The second-order valence-electron chi connectivity index (χ2n) is 11.0. The molecule has 10 nitrogen and oxygen atoms in total. The molecule has 0 aromatic heterocycles. The smallest absolute Gasteiger partial charge is 0.260 e. The molecule has 0 bridgehead atoms. The Kier molecular flexibility index (Phi) is 9.59. The van der Waals surface area contributed by atoms with Gasteiger partial charge in [-0.3, -0.25) is 38.6 Å². The summed E-state index contributed by atoms with van der Waals surface area (Å²) in [6, 6.07) is 18.9. The van der Waals surface area contributed by atoms with Crippen LogP contribution in [0, 0.1) is 0 Å². The van der Waals surface area contributed by atoms with Crippen molar-refractivity contribution in [1.29, 1.82) is 0 Å². The zero-order valence-corrected chi connectivity index (χ0v) is 24.3. The van der Waals surface area contributed by atoms with Crippen molar-refractivity contribution in [2.45, 2.75) is 51.4 Å². The van der Waals surface area contributed by atoms with Crippen molar-refractivity contribution >= 4 is 46.8 Å². The van der Waals surface area contributed by atoms with Crippen LogP contribution in [0.2, 0.25) is 0 Å². The molecule has 2 N–H and O–H groups in total. The van der Waals surface area contributed by atoms with Crippen LogP contribution in [0.4, 0.5) is 11.4 Å². The number of imide groups is 2. The fourth-order valence-electron chi connectivity index (χ4n) is 5.31. The van der Waals surface area contributed by atoms with Gasteiger partial charge >= 0.3 is 0 Å². The van der Waals surface area contributed by atoms with Crippen molar-refractivity contribution in [2.75, 3.05) is 23.7 Å². The molecule has 0 aliphatic carbocycles. The van der Waals surface area contributed by atoms with Gasteiger partial charge in [0.1, 0.15) is 0 Å². The van der Waals surface area contributed by atoms with E-state index in [0.29, 0.717) is 48.4 Å². The lowest BCUT2D eigenvalue weighted by Crippen LogP contribution is -2.36. The molecule has 3 aromatic rings. The second kappa shape index (κ2) is 13.9. The third kappa shape index (κ3) is 7.26. The molecule has 0 saturated carbocycles. The number of nitrogens with one attached hydrogen (secondary N) is 2. The van der Waals surface area contributed by atoms with Crippen LogP contribution in [0.5, 0.6) is 0 Å². The first kappa shape index (κ1) is 30.3. The van der Waals surface area contributed by atoms with E-state index in [1.807, 2.05) is 0 Å². The number of hydrogen-bond acceptors (Lipinski definition) is 6. The molecular formula is C34H34N4O6. The van der Waals surface area contributed by atoms with Crippen LogP contribution in [0.1, 0.15) is 92.8 Å². The Hall–Kier alpha value is -5.12. The van der Waals surface area contributed by atoms with E-state index in [0.717, 1.165) is 38.5 Å². The third-order valence-electron chi connectivity index (χ3n) is 7.80. The maximum atomic E-state index is 12.9. The molecule has 0 radical (unpaired) electrons. The number of amides is 6. The third-order valence-corrected chi connectivity index (χ3v) is 7.80. The van der Waals surface area contributed by atoms with E-state index in [-0.39, 0.29) is 34.8 Å². The van der Waals surface area contributed by atoms with Gasteiger partial charge in [-0.15, -0.1) is 0 Å². The SMILES string of the molecule is O=C(Nc1ccc(C(=O)N2CCCCCC2=O)cc1)c1cccc(C(=O)Nc2ccc(C(=O)N3CCCCCC3=O)cc2)c1. The molecule has 3 aromatic carbocycles. The van der Waals surface area contributed by atoms with E-state index >= 15 is 0 Å². The lowest BCUT2D eigenvalue weighted by atomic mass is 10.1. The molecule has 2 heterocycles. The lowest BCUT2D eigenvalue weighted by molar-refractivity contribution is -0.129. The minimum atomic E-state index is -0.438. The summed E-state index contributed by atoms with van der Waals surface area (Å²) in [5.41, 5.74) is 2.17. The zero-order chi connectivity index (χ0) is 31.1. The van der Waals surface area contributed by atoms with Gasteiger partial charge in [0.2, 0.25) is 11.8 Å². The van der Waals surface area contributed by atoms with Crippen molar-refractivity contribution in [3.63, 3.8) is 0 Å². The van der Waals surface area contributed by atoms with Gasteiger partial charge in [0.15, 0.2) is 0 Å². The number of carbonyl (C=O) groups is 6. The van der Waals surface area contributed by atoms with Crippen molar-refractivity contribution in [1.82, 2.24) is 9.80 Å². The molecule has 2 fully saturated rings. The van der Waals surface area contributed by atoms with Crippen LogP contribution in [-0.4, -0.2) is 58.3 Å². The summed E-state index contributed by atoms with van der Waals surface area (Å²) in [7, 11) is 0. The highest BCUT2D eigenvalue weighted by Gasteiger charge is 2.25. The Morgan fingerprint density at radius 3 is 1.32 bits per heavy atom. The number of rotatable bonds is 6. The second-order valence-corrected chi connectivity index (χ2v) is 11.0. The number of nitrogens with zero attached hydrogens (tertiary/aromatic N) is 2. The van der Waals surface area contributed by atoms with Crippen LogP contribution in [0.25, 0.3) is 0 Å². The summed E-state index contributed by atoms with van der Waals surface area (Å²) in [6.45, 7) is 0.817. The van der Waals surface area contributed by atoms with E-state index < -0.39 is 11.8 Å². The van der Waals surface area contributed by atoms with Gasteiger partial charge in [0, 0.05) is 59.6 Å². The Morgan fingerprint density at radius 2 is 0.909 bits per heavy atom. The molecule has 2 saturated heterocycles. The lowest BCUT2D eigenvalue weighted by Gasteiger charge is -2.18. The number of likely N-dealkylation sites (tertiary alicyclic amines) is 2. The van der Waals surface area contributed by atoms with Gasteiger partial charge in [-0.25, -0.2) is 0 Å². The highest BCUT2D eigenvalue weighted by Crippen LogP contribution is 2.19. The molecule has 2 aliphatic rings. The molecule has 0 atom stereocenters. The minimum absolute atomic E-state index is 0.165. The maximum Gasteiger partial charge on any atom is 0.260 e. The molecule has 10 heteroatoms. The summed E-state index contributed by atoms with van der Waals surface area (Å²) in [6.07, 6.45) is 5.72. The predicted octanol–water partition coefficient (Wildman–Crippen LogP) is 5.28. The Morgan fingerprint density at radius 1 is 0.500 bits per heavy atom. The fraction of sp³-hybridized carbons (Fsp3) is 0.294. The quantitative estimate of drug-likeness (QED) is 0.373. The minimum Gasteiger partial charge on any atom is -0.322 e. The molecule has 0 unspecified atom stereocenters. The predicted molar refractivity (Wildman–Crippen MR) is 164 cm³/mol. The number of anilines is 2. The van der Waals surface area contributed by atoms with E-state index in [2.05, 4.69) is 10.6 Å². The Balaban J connectivity index is 1.19. The first-order valence-electron chi connectivity index (χ1n) is 14.9. The fourth-order valence-corrected chi connectivity index (χ4v) is 5.31. The highest BCUT2D eigenvalue weighted by molar-refractivity contribution is 6.10. The summed E-state index contributed by atoms with van der Waals surface area (Å²) in [4.78, 5) is 78.7. The van der Waals surface area contributed by atoms with E-state index in [9.17, 15) is 28.8 Å². The van der Waals surface area contributed by atoms with Crippen LogP contribution in [0.15, 0.2) is 72.8 Å². The monoisotopic (exact) mass is 594 g/mol. The average Bonchev–Trinajstić information content (AvgIpc) is 3.40. The molecule has 0 spiro atoms. The molecule has 5 rings (SSSR count). The normalized spacial score (nSPS) is 15.6. The molecule has 6 amide bonds. The largest absolute Gasteiger partial charge is 0.322 e. The summed E-state index contributed by atoms with van der Waals surface area (Å²) in [5.74, 6) is -1.90. The van der Waals surface area contributed by atoms with Gasteiger partial charge < -0.3 is 10.6 Å². The van der Waals surface area contributed by atoms with Crippen LogP contribution < -0.4 is 10.6 Å². The average molecular weight is 595 g/mol. The van der Waals surface area contributed by atoms with Gasteiger partial charge in [0.25, 0.3) is 23.6 Å². The van der Waals surface area contributed by atoms with Crippen LogP contribution in [0.3, 0.4) is 0 Å². The molecule has 2 aliphatic heterocycles. The Bertz CT molecular complexity index is 1470. The van der Waals surface area contributed by atoms with Crippen molar-refractivity contribution < 1.29 is 28.8 Å². The summed E-state index contributed by atoms with van der Waals surface area (Å²) >= 11 is 0. The molecular weight excluding hydrogens is 560 g/mol. The van der Waals surface area contributed by atoms with Gasteiger partial charge in [-0.05, 0) is 92.4 Å². The van der Waals surface area contributed by atoms with Crippen molar-refractivity contribution in [3.8, 4) is 0 Å². The van der Waals surface area contributed by atoms with Gasteiger partial charge in [-0.1, -0.05) is 18.9 Å². The Labute approximate surface area is 255 Å². The van der Waals surface area contributed by atoms with Gasteiger partial charge in [-0.2, -0.15) is 0 Å². The van der Waals surface area contributed by atoms with E-state index in [1.54, 1.807) is 66.7 Å². The van der Waals surface area contributed by atoms with Crippen molar-refractivity contribution in [3.05, 3.63) is 95.1 Å². The number of hydrogen-bond donors (Lipinski definition) is 2. The van der Waals surface area contributed by atoms with Crippen LogP contribution in [-0.2, 0) is 9.59 Å². The highest BCUT2D eigenvalue weighted by atomic mass is 16.2. The number of carbonyl (C=O) groups excluding carboxylic acids is 6. The van der Waals surface area contributed by atoms with Gasteiger partial charge in [0.05, 0.1) is 0 Å². The summed E-state index contributed by atoms with van der Waals surface area (Å²) < 4.78 is 0. The van der Waals surface area contributed by atoms with E-state index in [4.69, 9.17) is 0 Å². The maximum absolute atomic E-state index is 12.9. The first-order chi connectivity index (χ1) is 21.3. The standard InChI is InChI=1S/C34H34N4O6/c39-29-10-3-1-5-20-37(29)33(43)23-12-16-27(17-13-23)35-31(41)25-8-7-9-26(22-25)32(42)36-28-18-14-24(15-19-28)34(44)38-21-6-2-4-11-30(38)40/h7-9,12-19,22H,1-6,10-11,20-21H2,(H,35,41)(H,36,42). The number of benzene rings is 3.